The van der Waals surface area contributed by atoms with Crippen LogP contribution in [-0.4, -0.2) is 38.7 Å². The molecule has 0 unspecified atom stereocenters. The molecule has 0 bridgehead atoms. The van der Waals surface area contributed by atoms with Crippen molar-refractivity contribution in [1.29, 1.82) is 0 Å². The highest BCUT2D eigenvalue weighted by molar-refractivity contribution is 7.92. The normalized spacial score (nSPS) is 12.8. The molecule has 33 heavy (non-hydrogen) atoms. The predicted octanol–water partition coefficient (Wildman–Crippen LogP) is 3.67. The van der Waals surface area contributed by atoms with Gasteiger partial charge in [0.05, 0.1) is 10.6 Å². The summed E-state index contributed by atoms with van der Waals surface area (Å²) in [6.45, 7) is 2.19. The Morgan fingerprint density at radius 1 is 1.00 bits per heavy atom. The zero-order valence-electron chi connectivity index (χ0n) is 18.5. The average Bonchev–Trinajstić information content (AvgIpc) is 3.25. The zero-order chi connectivity index (χ0) is 23.6. The number of fused-ring (bicyclic) bond motifs is 1. The lowest BCUT2D eigenvalue weighted by Gasteiger charge is -2.20. The number of carbonyl (C=O) groups excluding carboxylic acids is 2. The molecule has 0 spiro atoms. The summed E-state index contributed by atoms with van der Waals surface area (Å²) in [6.07, 6.45) is 0.654. The molecule has 1 aliphatic heterocycles. The van der Waals surface area contributed by atoms with E-state index in [0.29, 0.717) is 30.9 Å². The van der Waals surface area contributed by atoms with Gasteiger partial charge in [-0.2, -0.15) is 0 Å². The molecule has 170 valence electrons. The Bertz CT molecular complexity index is 1320. The van der Waals surface area contributed by atoms with Crippen LogP contribution >= 0.6 is 0 Å². The van der Waals surface area contributed by atoms with Gasteiger partial charge in [-0.15, -0.1) is 0 Å². The summed E-state index contributed by atoms with van der Waals surface area (Å²) in [4.78, 5) is 26.2. The number of amides is 2. The molecule has 0 atom stereocenters. The van der Waals surface area contributed by atoms with Crippen molar-refractivity contribution in [3.05, 3.63) is 89.5 Å². The second kappa shape index (κ2) is 9.07. The first kappa shape index (κ1) is 22.5. The second-order valence-electron chi connectivity index (χ2n) is 7.97. The molecule has 1 aliphatic rings. The third kappa shape index (κ3) is 4.61. The van der Waals surface area contributed by atoms with Crippen molar-refractivity contribution in [1.82, 2.24) is 4.90 Å². The number of para-hydroxylation sites is 2. The smallest absolute Gasteiger partial charge is 0.264 e. The monoisotopic (exact) mass is 463 g/mol. The fourth-order valence-electron chi connectivity index (χ4n) is 3.82. The van der Waals surface area contributed by atoms with Gasteiger partial charge in [0.1, 0.15) is 0 Å². The SMILES string of the molecule is CC(=O)N(C)Cc1ccccc1NC(=O)c1cccc(S(=O)(=O)N2CCc3ccccc32)c1. The first-order valence-corrected chi connectivity index (χ1v) is 12.0. The Hall–Kier alpha value is -3.65. The highest BCUT2D eigenvalue weighted by Gasteiger charge is 2.31. The first-order chi connectivity index (χ1) is 15.8. The molecular formula is C25H25N3O4S. The van der Waals surface area contributed by atoms with E-state index in [1.165, 1.54) is 23.4 Å². The van der Waals surface area contributed by atoms with Crippen LogP contribution in [0, 0.1) is 0 Å². The number of hydrogen-bond donors (Lipinski definition) is 1. The van der Waals surface area contributed by atoms with Gasteiger partial charge in [-0.05, 0) is 47.9 Å². The third-order valence-corrected chi connectivity index (χ3v) is 7.55. The summed E-state index contributed by atoms with van der Waals surface area (Å²) in [5, 5.41) is 2.85. The fraction of sp³-hybridized carbons (Fsp3) is 0.200. The minimum atomic E-state index is -3.81. The molecule has 0 radical (unpaired) electrons. The summed E-state index contributed by atoms with van der Waals surface area (Å²) in [5.74, 6) is -0.510. The minimum Gasteiger partial charge on any atom is -0.342 e. The highest BCUT2D eigenvalue weighted by Crippen LogP contribution is 2.32. The molecule has 3 aromatic carbocycles. The molecule has 3 aromatic rings. The summed E-state index contributed by atoms with van der Waals surface area (Å²) < 4.78 is 28.0. The van der Waals surface area contributed by atoms with Gasteiger partial charge in [-0.3, -0.25) is 13.9 Å². The standard InChI is InChI=1S/C25H25N3O4S/c1-18(29)27(2)17-21-9-3-5-12-23(21)26-25(30)20-10-7-11-22(16-20)33(31,32)28-15-14-19-8-4-6-13-24(19)28/h3-13,16H,14-15,17H2,1-2H3,(H,26,30). The van der Waals surface area contributed by atoms with Gasteiger partial charge < -0.3 is 10.2 Å². The Labute approximate surface area is 193 Å². The van der Waals surface area contributed by atoms with E-state index >= 15 is 0 Å². The van der Waals surface area contributed by atoms with Gasteiger partial charge in [0, 0.05) is 38.3 Å². The number of hydrogen-bond acceptors (Lipinski definition) is 4. The van der Waals surface area contributed by atoms with Crippen molar-refractivity contribution in [2.45, 2.75) is 24.8 Å². The molecule has 2 amide bonds. The lowest BCUT2D eigenvalue weighted by Crippen LogP contribution is -2.29. The number of rotatable bonds is 6. The molecular weight excluding hydrogens is 438 g/mol. The topological polar surface area (TPSA) is 86.8 Å². The molecule has 0 aliphatic carbocycles. The van der Waals surface area contributed by atoms with Gasteiger partial charge in [0.2, 0.25) is 5.91 Å². The van der Waals surface area contributed by atoms with Gasteiger partial charge in [0.15, 0.2) is 0 Å². The van der Waals surface area contributed by atoms with Gasteiger partial charge in [-0.1, -0.05) is 42.5 Å². The Morgan fingerprint density at radius 3 is 2.52 bits per heavy atom. The number of carbonyl (C=O) groups is 2. The first-order valence-electron chi connectivity index (χ1n) is 10.6. The van der Waals surface area contributed by atoms with Gasteiger partial charge in [-0.25, -0.2) is 8.42 Å². The van der Waals surface area contributed by atoms with Crippen molar-refractivity contribution in [3.8, 4) is 0 Å². The molecule has 4 rings (SSSR count). The van der Waals surface area contributed by atoms with Crippen molar-refractivity contribution >= 4 is 33.2 Å². The van der Waals surface area contributed by atoms with E-state index in [1.807, 2.05) is 30.3 Å². The number of anilines is 2. The summed E-state index contributed by atoms with van der Waals surface area (Å²) in [6, 6.07) is 20.7. The van der Waals surface area contributed by atoms with Crippen LogP contribution in [0.5, 0.6) is 0 Å². The van der Waals surface area contributed by atoms with Crippen LogP contribution in [0.4, 0.5) is 11.4 Å². The maximum absolute atomic E-state index is 13.3. The third-order valence-electron chi connectivity index (χ3n) is 5.74. The maximum Gasteiger partial charge on any atom is 0.264 e. The molecule has 0 saturated heterocycles. The number of sulfonamides is 1. The molecule has 7 nitrogen and oxygen atoms in total. The maximum atomic E-state index is 13.3. The molecule has 0 saturated carbocycles. The van der Waals surface area contributed by atoms with Crippen molar-refractivity contribution in [2.24, 2.45) is 0 Å². The van der Waals surface area contributed by atoms with E-state index < -0.39 is 15.9 Å². The lowest BCUT2D eigenvalue weighted by atomic mass is 10.1. The van der Waals surface area contributed by atoms with Crippen molar-refractivity contribution in [3.63, 3.8) is 0 Å². The Morgan fingerprint density at radius 2 is 1.73 bits per heavy atom. The fourth-order valence-corrected chi connectivity index (χ4v) is 5.37. The van der Waals surface area contributed by atoms with Gasteiger partial charge >= 0.3 is 0 Å². The van der Waals surface area contributed by atoms with E-state index in [-0.39, 0.29) is 16.4 Å². The predicted molar refractivity (Wildman–Crippen MR) is 128 cm³/mol. The molecule has 1 heterocycles. The summed E-state index contributed by atoms with van der Waals surface area (Å²) >= 11 is 0. The Kier molecular flexibility index (Phi) is 6.20. The van der Waals surface area contributed by atoms with Crippen LogP contribution in [0.25, 0.3) is 0 Å². The molecule has 0 aromatic heterocycles. The molecule has 1 N–H and O–H groups in total. The van der Waals surface area contributed by atoms with Crippen LogP contribution in [-0.2, 0) is 27.8 Å². The van der Waals surface area contributed by atoms with Crippen molar-refractivity contribution in [2.75, 3.05) is 23.2 Å². The second-order valence-corrected chi connectivity index (χ2v) is 9.83. The summed E-state index contributed by atoms with van der Waals surface area (Å²) in [5.41, 5.74) is 3.24. The quantitative estimate of drug-likeness (QED) is 0.604. The Balaban J connectivity index is 1.58. The van der Waals surface area contributed by atoms with Crippen LogP contribution in [0.2, 0.25) is 0 Å². The van der Waals surface area contributed by atoms with Crippen molar-refractivity contribution < 1.29 is 18.0 Å². The molecule has 8 heteroatoms. The number of nitrogens with one attached hydrogen (secondary N) is 1. The zero-order valence-corrected chi connectivity index (χ0v) is 19.3. The van der Waals surface area contributed by atoms with Crippen LogP contribution in [0.15, 0.2) is 77.7 Å². The van der Waals surface area contributed by atoms with E-state index in [4.69, 9.17) is 0 Å². The largest absolute Gasteiger partial charge is 0.342 e. The average molecular weight is 464 g/mol. The van der Waals surface area contributed by atoms with Crippen LogP contribution in [0.1, 0.15) is 28.4 Å². The van der Waals surface area contributed by atoms with E-state index in [2.05, 4.69) is 5.32 Å². The number of benzene rings is 3. The van der Waals surface area contributed by atoms with E-state index in [9.17, 15) is 18.0 Å². The highest BCUT2D eigenvalue weighted by atomic mass is 32.2. The van der Waals surface area contributed by atoms with Crippen LogP contribution < -0.4 is 9.62 Å². The van der Waals surface area contributed by atoms with Gasteiger partial charge in [0.25, 0.3) is 15.9 Å². The lowest BCUT2D eigenvalue weighted by molar-refractivity contribution is -0.128. The summed E-state index contributed by atoms with van der Waals surface area (Å²) in [7, 11) is -2.12. The number of nitrogens with zero attached hydrogens (tertiary/aromatic N) is 2. The minimum absolute atomic E-state index is 0.0662. The van der Waals surface area contributed by atoms with E-state index in [1.54, 1.807) is 42.3 Å². The van der Waals surface area contributed by atoms with Crippen LogP contribution in [0.3, 0.4) is 0 Å². The van der Waals surface area contributed by atoms with E-state index in [0.717, 1.165) is 11.1 Å². The molecule has 0 fully saturated rings.